The van der Waals surface area contributed by atoms with Crippen molar-refractivity contribution < 1.29 is 14.3 Å². The van der Waals surface area contributed by atoms with Crippen LogP contribution in [0.15, 0.2) is 47.8 Å². The third kappa shape index (κ3) is 7.16. The molecule has 1 N–H and O–H groups in total. The number of rotatable bonds is 8. The van der Waals surface area contributed by atoms with Gasteiger partial charge >= 0.3 is 6.09 Å². The third-order valence-corrected chi connectivity index (χ3v) is 8.92. The number of piperidine rings is 2. The zero-order valence-corrected chi connectivity index (χ0v) is 23.8. The predicted octanol–water partition coefficient (Wildman–Crippen LogP) is 4.38. The first-order valence-corrected chi connectivity index (χ1v) is 14.8. The largest absolute Gasteiger partial charge is 0.416 e. The van der Waals surface area contributed by atoms with E-state index in [2.05, 4.69) is 37.6 Å². The van der Waals surface area contributed by atoms with Crippen molar-refractivity contribution in [2.45, 2.75) is 68.4 Å². The predicted molar refractivity (Wildman–Crippen MR) is 152 cm³/mol. The quantitative estimate of drug-likeness (QED) is 0.425. The Labute approximate surface area is 238 Å². The Morgan fingerprint density at radius 1 is 1.05 bits per heavy atom. The number of amides is 2. The first-order valence-electron chi connectivity index (χ1n) is 13.9. The van der Waals surface area contributed by atoms with Crippen molar-refractivity contribution in [3.05, 3.63) is 53.7 Å². The van der Waals surface area contributed by atoms with E-state index in [9.17, 15) is 9.59 Å². The van der Waals surface area contributed by atoms with Gasteiger partial charge in [-0.3, -0.25) is 9.69 Å². The number of hydrogen-bond donors (Lipinski definition) is 1. The van der Waals surface area contributed by atoms with Crippen LogP contribution >= 0.6 is 11.8 Å². The molecule has 1 atom stereocenters. The van der Waals surface area contributed by atoms with Gasteiger partial charge in [0.25, 0.3) is 5.91 Å². The van der Waals surface area contributed by atoms with Crippen molar-refractivity contribution in [3.8, 4) is 5.88 Å². The lowest BCUT2D eigenvalue weighted by Crippen LogP contribution is -2.41. The Morgan fingerprint density at radius 3 is 2.52 bits per heavy atom. The highest BCUT2D eigenvalue weighted by Gasteiger charge is 2.26. The standard InChI is InChI=1S/C28H36N8O3S/c1-3-23-6-4-5-15-36(23)19-20-7-9-21(10-8-20)26(37)30-22-11-12-25(29-18-22)39-28(38)35-16-13-24(14-17-35)40-27-31-32-33-34(27)2/h7-12,18,23-24H,3-6,13-17,19H2,1-2H3,(H,30,37). The van der Waals surface area contributed by atoms with Crippen molar-refractivity contribution in [2.24, 2.45) is 7.05 Å². The highest BCUT2D eigenvalue weighted by Crippen LogP contribution is 2.28. The number of thioether (sulfide) groups is 1. The molecule has 2 amide bonds. The van der Waals surface area contributed by atoms with Crippen molar-refractivity contribution in [1.29, 1.82) is 0 Å². The van der Waals surface area contributed by atoms with Crippen LogP contribution in [-0.2, 0) is 13.6 Å². The van der Waals surface area contributed by atoms with Crippen molar-refractivity contribution >= 4 is 29.4 Å². The number of carbonyl (C=O) groups is 2. The zero-order valence-electron chi connectivity index (χ0n) is 23.0. The van der Waals surface area contributed by atoms with E-state index < -0.39 is 6.09 Å². The minimum Gasteiger partial charge on any atom is -0.391 e. The number of nitrogens with zero attached hydrogens (tertiary/aromatic N) is 7. The molecule has 2 saturated heterocycles. The molecular weight excluding hydrogens is 528 g/mol. The molecule has 1 aromatic carbocycles. The maximum absolute atomic E-state index is 12.8. The Kier molecular flexibility index (Phi) is 9.27. The summed E-state index contributed by atoms with van der Waals surface area (Å²) in [5.74, 6) is -0.0162. The van der Waals surface area contributed by atoms with Gasteiger partial charge in [0.15, 0.2) is 0 Å². The molecule has 4 heterocycles. The average molecular weight is 565 g/mol. The van der Waals surface area contributed by atoms with E-state index in [0.29, 0.717) is 35.6 Å². The van der Waals surface area contributed by atoms with Gasteiger partial charge in [-0.15, -0.1) is 5.10 Å². The summed E-state index contributed by atoms with van der Waals surface area (Å²) < 4.78 is 7.12. The number of hydrogen-bond acceptors (Lipinski definition) is 9. The fraction of sp³-hybridized carbons (Fsp3) is 0.500. The average Bonchev–Trinajstić information content (AvgIpc) is 3.39. The molecule has 40 heavy (non-hydrogen) atoms. The first-order chi connectivity index (χ1) is 19.5. The molecule has 0 bridgehead atoms. The van der Waals surface area contributed by atoms with Crippen LogP contribution in [0, 0.1) is 0 Å². The molecule has 2 aliphatic heterocycles. The zero-order chi connectivity index (χ0) is 27.9. The topological polar surface area (TPSA) is 118 Å². The van der Waals surface area contributed by atoms with Crippen LogP contribution in [0.2, 0.25) is 0 Å². The summed E-state index contributed by atoms with van der Waals surface area (Å²) in [5.41, 5.74) is 2.33. The van der Waals surface area contributed by atoms with Crippen LogP contribution in [0.5, 0.6) is 5.88 Å². The lowest BCUT2D eigenvalue weighted by molar-refractivity contribution is 0.102. The van der Waals surface area contributed by atoms with Crippen LogP contribution in [0.1, 0.15) is 61.4 Å². The number of carbonyl (C=O) groups excluding carboxylic acids is 2. The van der Waals surface area contributed by atoms with Gasteiger partial charge < -0.3 is 15.0 Å². The highest BCUT2D eigenvalue weighted by atomic mass is 32.2. The minimum atomic E-state index is -0.428. The number of nitrogens with one attached hydrogen (secondary N) is 1. The van der Waals surface area contributed by atoms with Gasteiger partial charge in [-0.1, -0.05) is 37.2 Å². The molecule has 1 unspecified atom stereocenters. The van der Waals surface area contributed by atoms with Crippen LogP contribution in [0.25, 0.3) is 0 Å². The van der Waals surface area contributed by atoms with Crippen molar-refractivity contribution in [1.82, 2.24) is 35.0 Å². The third-order valence-electron chi connectivity index (χ3n) is 7.56. The summed E-state index contributed by atoms with van der Waals surface area (Å²) in [4.78, 5) is 33.8. The normalized spacial score (nSPS) is 18.4. The second-order valence-electron chi connectivity index (χ2n) is 10.3. The van der Waals surface area contributed by atoms with E-state index in [0.717, 1.165) is 31.1 Å². The van der Waals surface area contributed by atoms with E-state index in [1.807, 2.05) is 31.3 Å². The van der Waals surface area contributed by atoms with Gasteiger partial charge in [0.1, 0.15) is 0 Å². The Balaban J connectivity index is 1.07. The maximum atomic E-state index is 12.8. The molecule has 2 fully saturated rings. The molecule has 2 aliphatic rings. The van der Waals surface area contributed by atoms with Crippen LogP contribution in [0.3, 0.4) is 0 Å². The number of anilines is 1. The molecule has 3 aromatic rings. The van der Waals surface area contributed by atoms with Crippen LogP contribution < -0.4 is 10.1 Å². The number of aromatic nitrogens is 5. The number of likely N-dealkylation sites (tertiary alicyclic amines) is 2. The monoisotopic (exact) mass is 564 g/mol. The number of aryl methyl sites for hydroxylation is 1. The molecule has 5 rings (SSSR count). The summed E-state index contributed by atoms with van der Waals surface area (Å²) in [7, 11) is 1.81. The molecule has 0 radical (unpaired) electrons. The summed E-state index contributed by atoms with van der Waals surface area (Å²) in [6.07, 6.45) is 7.72. The van der Waals surface area contributed by atoms with Crippen LogP contribution in [-0.4, -0.2) is 77.9 Å². The Morgan fingerprint density at radius 2 is 1.85 bits per heavy atom. The molecule has 0 saturated carbocycles. The van der Waals surface area contributed by atoms with E-state index in [1.165, 1.54) is 37.4 Å². The van der Waals surface area contributed by atoms with Crippen LogP contribution in [0.4, 0.5) is 10.5 Å². The summed E-state index contributed by atoms with van der Waals surface area (Å²) >= 11 is 1.63. The molecular formula is C28H36N8O3S. The molecule has 0 spiro atoms. The van der Waals surface area contributed by atoms with Gasteiger partial charge in [-0.2, -0.15) is 0 Å². The molecule has 0 aliphatic carbocycles. The van der Waals surface area contributed by atoms with E-state index in [4.69, 9.17) is 4.74 Å². The van der Waals surface area contributed by atoms with E-state index in [-0.39, 0.29) is 11.8 Å². The van der Waals surface area contributed by atoms with Crippen molar-refractivity contribution in [2.75, 3.05) is 25.0 Å². The summed E-state index contributed by atoms with van der Waals surface area (Å²) in [6.45, 7) is 5.49. The highest BCUT2D eigenvalue weighted by molar-refractivity contribution is 7.99. The second kappa shape index (κ2) is 13.2. The van der Waals surface area contributed by atoms with E-state index >= 15 is 0 Å². The lowest BCUT2D eigenvalue weighted by atomic mass is 9.99. The van der Waals surface area contributed by atoms with Gasteiger partial charge in [0.05, 0.1) is 11.9 Å². The molecule has 212 valence electrons. The second-order valence-corrected chi connectivity index (χ2v) is 11.6. The van der Waals surface area contributed by atoms with Gasteiger partial charge in [-0.05, 0) is 72.8 Å². The van der Waals surface area contributed by atoms with Gasteiger partial charge in [-0.25, -0.2) is 14.5 Å². The smallest absolute Gasteiger partial charge is 0.391 e. The molecule has 2 aromatic heterocycles. The molecule has 11 nitrogen and oxygen atoms in total. The first kappa shape index (κ1) is 28.0. The number of tetrazole rings is 1. The molecule has 12 heteroatoms. The fourth-order valence-electron chi connectivity index (χ4n) is 5.22. The fourth-order valence-corrected chi connectivity index (χ4v) is 6.24. The SMILES string of the molecule is CCC1CCCCN1Cc1ccc(C(=O)Nc2ccc(OC(=O)N3CCC(Sc4nnnn4C)CC3)nc2)cc1. The lowest BCUT2D eigenvalue weighted by Gasteiger charge is -2.35. The number of pyridine rings is 1. The summed E-state index contributed by atoms with van der Waals surface area (Å²) in [5, 5.41) is 15.5. The van der Waals surface area contributed by atoms with Gasteiger partial charge in [0.2, 0.25) is 11.0 Å². The van der Waals surface area contributed by atoms with Crippen molar-refractivity contribution in [3.63, 3.8) is 0 Å². The minimum absolute atomic E-state index is 0.192. The van der Waals surface area contributed by atoms with E-state index in [1.54, 1.807) is 33.5 Å². The number of benzene rings is 1. The Bertz CT molecular complexity index is 1280. The van der Waals surface area contributed by atoms with Gasteiger partial charge in [0, 0.05) is 49.6 Å². The maximum Gasteiger partial charge on any atom is 0.416 e. The summed E-state index contributed by atoms with van der Waals surface area (Å²) in [6, 6.07) is 11.7. The Hall–Kier alpha value is -3.51. The number of ether oxygens (including phenoxy) is 1.